The zero-order valence-corrected chi connectivity index (χ0v) is 14.3. The summed E-state index contributed by atoms with van der Waals surface area (Å²) in [6.07, 6.45) is 0.0182. The van der Waals surface area contributed by atoms with Gasteiger partial charge in [0.2, 0.25) is 5.91 Å². The number of hydrogen-bond acceptors (Lipinski definition) is 6. The molecule has 0 aliphatic carbocycles. The Morgan fingerprint density at radius 1 is 1.30 bits per heavy atom. The Morgan fingerprint density at radius 2 is 2.00 bits per heavy atom. The van der Waals surface area contributed by atoms with Crippen LogP contribution in [0.15, 0.2) is 34.5 Å². The second kappa shape index (κ2) is 7.53. The normalized spacial score (nSPS) is 11.2. The van der Waals surface area contributed by atoms with E-state index in [0.29, 0.717) is 17.4 Å². The molecule has 1 amide bonds. The van der Waals surface area contributed by atoms with E-state index in [9.17, 15) is 13.2 Å². The zero-order chi connectivity index (χ0) is 16.9. The van der Waals surface area contributed by atoms with E-state index in [-0.39, 0.29) is 11.3 Å². The van der Waals surface area contributed by atoms with E-state index in [0.717, 1.165) is 5.69 Å². The first-order valence-electron chi connectivity index (χ1n) is 6.85. The van der Waals surface area contributed by atoms with Crippen LogP contribution in [-0.4, -0.2) is 25.9 Å². The van der Waals surface area contributed by atoms with Crippen LogP contribution in [0, 0.1) is 6.92 Å². The molecule has 0 bridgehead atoms. The van der Waals surface area contributed by atoms with Crippen LogP contribution >= 0.6 is 11.3 Å². The van der Waals surface area contributed by atoms with E-state index in [1.807, 2.05) is 19.2 Å². The summed E-state index contributed by atoms with van der Waals surface area (Å²) in [4.78, 5) is 18.0. The minimum absolute atomic E-state index is 0.0182. The van der Waals surface area contributed by atoms with Crippen molar-refractivity contribution in [1.82, 2.24) is 15.2 Å². The Labute approximate surface area is 138 Å². The van der Waals surface area contributed by atoms with Gasteiger partial charge in [-0.15, -0.1) is 16.2 Å². The fourth-order valence-corrected chi connectivity index (χ4v) is 3.36. The molecule has 124 valence electrons. The molecule has 1 aromatic carbocycles. The maximum atomic E-state index is 12.1. The van der Waals surface area contributed by atoms with E-state index in [2.05, 4.69) is 15.2 Å². The molecule has 0 aliphatic heterocycles. The number of amides is 1. The summed E-state index contributed by atoms with van der Waals surface area (Å²) in [5.41, 5.74) is 3.00. The third-order valence-corrected chi connectivity index (χ3v) is 4.98. The predicted octanol–water partition coefficient (Wildman–Crippen LogP) is 1.40. The average molecular weight is 355 g/mol. The van der Waals surface area contributed by atoms with Crippen molar-refractivity contribution in [3.8, 4) is 5.75 Å². The van der Waals surface area contributed by atoms with Crippen molar-refractivity contribution >= 4 is 27.3 Å². The molecular formula is C14H17N3O4S2. The second-order valence-corrected chi connectivity index (χ2v) is 7.24. The van der Waals surface area contributed by atoms with Gasteiger partial charge in [-0.3, -0.25) is 10.2 Å². The number of hydrazine groups is 1. The number of aromatic nitrogens is 1. The molecule has 0 saturated heterocycles. The number of nitrogens with zero attached hydrogens (tertiary/aromatic N) is 1. The molecule has 0 spiro atoms. The van der Waals surface area contributed by atoms with Gasteiger partial charge < -0.3 is 4.74 Å². The lowest BCUT2D eigenvalue weighted by molar-refractivity contribution is -0.120. The summed E-state index contributed by atoms with van der Waals surface area (Å²) in [5.74, 6) is 0.100. The SMILES string of the molecule is CCOc1ccc(S(=O)(=O)NNC(=O)Cc2nc(C)cs2)cc1. The summed E-state index contributed by atoms with van der Waals surface area (Å²) >= 11 is 1.35. The minimum Gasteiger partial charge on any atom is -0.494 e. The molecule has 0 saturated carbocycles. The monoisotopic (exact) mass is 355 g/mol. The van der Waals surface area contributed by atoms with Crippen molar-refractivity contribution < 1.29 is 17.9 Å². The Balaban J connectivity index is 1.93. The summed E-state index contributed by atoms with van der Waals surface area (Å²) in [7, 11) is -3.83. The molecule has 0 atom stereocenters. The lowest BCUT2D eigenvalue weighted by Crippen LogP contribution is -2.42. The fraction of sp³-hybridized carbons (Fsp3) is 0.286. The highest BCUT2D eigenvalue weighted by Gasteiger charge is 2.15. The van der Waals surface area contributed by atoms with E-state index in [4.69, 9.17) is 4.74 Å². The van der Waals surface area contributed by atoms with Gasteiger partial charge in [0.05, 0.1) is 17.9 Å². The molecule has 0 aliphatic rings. The summed E-state index contributed by atoms with van der Waals surface area (Å²) < 4.78 is 29.4. The van der Waals surface area contributed by atoms with Crippen LogP contribution in [0.1, 0.15) is 17.6 Å². The average Bonchev–Trinajstić information content (AvgIpc) is 2.91. The molecule has 0 unspecified atom stereocenters. The van der Waals surface area contributed by atoms with Gasteiger partial charge in [-0.2, -0.15) is 0 Å². The molecule has 0 radical (unpaired) electrons. The highest BCUT2D eigenvalue weighted by atomic mass is 32.2. The largest absolute Gasteiger partial charge is 0.494 e. The first-order chi connectivity index (χ1) is 10.9. The van der Waals surface area contributed by atoms with E-state index >= 15 is 0 Å². The van der Waals surface area contributed by atoms with E-state index in [1.165, 1.54) is 23.5 Å². The number of ether oxygens (including phenoxy) is 1. The number of benzene rings is 1. The van der Waals surface area contributed by atoms with Crippen molar-refractivity contribution in [2.24, 2.45) is 0 Å². The van der Waals surface area contributed by atoms with Crippen molar-refractivity contribution in [2.45, 2.75) is 25.2 Å². The standard InChI is InChI=1S/C14H17N3O4S2/c1-3-21-11-4-6-12(7-5-11)23(19,20)17-16-13(18)8-14-15-10(2)9-22-14/h4-7,9,17H,3,8H2,1-2H3,(H,16,18). The molecule has 1 heterocycles. The molecule has 2 aromatic rings. The number of carbonyl (C=O) groups is 1. The van der Waals surface area contributed by atoms with Gasteiger partial charge in [0, 0.05) is 11.1 Å². The Morgan fingerprint density at radius 3 is 2.57 bits per heavy atom. The topological polar surface area (TPSA) is 97.4 Å². The number of aryl methyl sites for hydroxylation is 1. The highest BCUT2D eigenvalue weighted by molar-refractivity contribution is 7.89. The van der Waals surface area contributed by atoms with Gasteiger partial charge in [0.15, 0.2) is 0 Å². The van der Waals surface area contributed by atoms with Crippen LogP contribution in [-0.2, 0) is 21.2 Å². The summed E-state index contributed by atoms with van der Waals surface area (Å²) in [6.45, 7) is 4.16. The van der Waals surface area contributed by atoms with Crippen LogP contribution in [0.2, 0.25) is 0 Å². The quantitative estimate of drug-likeness (QED) is 0.732. The van der Waals surface area contributed by atoms with Crippen LogP contribution < -0.4 is 15.0 Å². The van der Waals surface area contributed by atoms with Gasteiger partial charge in [0.1, 0.15) is 10.8 Å². The van der Waals surface area contributed by atoms with Gasteiger partial charge in [-0.1, -0.05) is 0 Å². The second-order valence-electron chi connectivity index (χ2n) is 4.62. The lowest BCUT2D eigenvalue weighted by atomic mass is 10.3. The van der Waals surface area contributed by atoms with Gasteiger partial charge in [0.25, 0.3) is 10.0 Å². The lowest BCUT2D eigenvalue weighted by Gasteiger charge is -2.09. The maximum Gasteiger partial charge on any atom is 0.257 e. The number of nitrogens with one attached hydrogen (secondary N) is 2. The molecule has 2 N–H and O–H groups in total. The van der Waals surface area contributed by atoms with Crippen molar-refractivity contribution in [1.29, 1.82) is 0 Å². The fourth-order valence-electron chi connectivity index (χ4n) is 1.73. The molecule has 0 fully saturated rings. The number of carbonyl (C=O) groups excluding carboxylic acids is 1. The van der Waals surface area contributed by atoms with Crippen LogP contribution in [0.5, 0.6) is 5.75 Å². The van der Waals surface area contributed by atoms with Gasteiger partial charge >= 0.3 is 0 Å². The number of sulfonamides is 1. The Kier molecular flexibility index (Phi) is 5.69. The van der Waals surface area contributed by atoms with E-state index in [1.54, 1.807) is 12.1 Å². The number of hydrogen-bond donors (Lipinski definition) is 2. The van der Waals surface area contributed by atoms with Gasteiger partial charge in [-0.25, -0.2) is 13.4 Å². The zero-order valence-electron chi connectivity index (χ0n) is 12.7. The summed E-state index contributed by atoms with van der Waals surface area (Å²) in [6, 6.07) is 5.92. The first-order valence-corrected chi connectivity index (χ1v) is 9.21. The van der Waals surface area contributed by atoms with Gasteiger partial charge in [-0.05, 0) is 38.1 Å². The molecule has 9 heteroatoms. The smallest absolute Gasteiger partial charge is 0.257 e. The number of rotatable bonds is 7. The Hall–Kier alpha value is -1.97. The minimum atomic E-state index is -3.83. The van der Waals surface area contributed by atoms with Crippen LogP contribution in [0.25, 0.3) is 0 Å². The summed E-state index contributed by atoms with van der Waals surface area (Å²) in [5, 5.41) is 2.45. The highest BCUT2D eigenvalue weighted by Crippen LogP contribution is 2.15. The molecular weight excluding hydrogens is 338 g/mol. The third kappa shape index (κ3) is 5.02. The van der Waals surface area contributed by atoms with Crippen molar-refractivity contribution in [3.63, 3.8) is 0 Å². The Bertz CT molecular complexity index is 770. The molecule has 2 rings (SSSR count). The maximum absolute atomic E-state index is 12.1. The third-order valence-electron chi connectivity index (χ3n) is 2.75. The molecule has 7 nitrogen and oxygen atoms in total. The molecule has 23 heavy (non-hydrogen) atoms. The van der Waals surface area contributed by atoms with Crippen molar-refractivity contribution in [3.05, 3.63) is 40.3 Å². The number of thiazole rings is 1. The predicted molar refractivity (Wildman–Crippen MR) is 86.6 cm³/mol. The van der Waals surface area contributed by atoms with Crippen LogP contribution in [0.4, 0.5) is 0 Å². The first kappa shape index (κ1) is 17.4. The van der Waals surface area contributed by atoms with Crippen LogP contribution in [0.3, 0.4) is 0 Å². The van der Waals surface area contributed by atoms with Crippen molar-refractivity contribution in [2.75, 3.05) is 6.61 Å². The molecule has 1 aromatic heterocycles. The van der Waals surface area contributed by atoms with E-state index < -0.39 is 15.9 Å².